The van der Waals surface area contributed by atoms with Crippen LogP contribution in [0.15, 0.2) is 42.5 Å². The van der Waals surface area contributed by atoms with E-state index in [1.54, 1.807) is 0 Å². The van der Waals surface area contributed by atoms with Gasteiger partial charge < -0.3 is 5.73 Å². The number of halogens is 1. The number of aromatic nitrogens is 2. The molecular weight excluding hydrogens is 373 g/mol. The van der Waals surface area contributed by atoms with Crippen LogP contribution in [0.4, 0.5) is 5.82 Å². The zero-order valence-electron chi connectivity index (χ0n) is 11.4. The number of anilines is 1. The van der Waals surface area contributed by atoms with E-state index in [0.717, 1.165) is 20.7 Å². The van der Waals surface area contributed by atoms with Crippen molar-refractivity contribution in [3.8, 4) is 11.4 Å². The molecule has 0 unspecified atom stereocenters. The van der Waals surface area contributed by atoms with E-state index < -0.39 is 0 Å². The van der Waals surface area contributed by atoms with E-state index in [1.165, 1.54) is 23.6 Å². The van der Waals surface area contributed by atoms with Gasteiger partial charge in [0.15, 0.2) is 5.82 Å². The van der Waals surface area contributed by atoms with Gasteiger partial charge in [-0.1, -0.05) is 36.4 Å². The first-order valence-corrected chi connectivity index (χ1v) is 8.12. The number of nitrogen functional groups attached to an aromatic ring is 1. The molecule has 1 aliphatic rings. The van der Waals surface area contributed by atoms with Gasteiger partial charge in [-0.15, -0.1) is 0 Å². The highest BCUT2D eigenvalue weighted by molar-refractivity contribution is 14.1. The van der Waals surface area contributed by atoms with E-state index in [1.807, 2.05) is 12.1 Å². The third kappa shape index (κ3) is 2.37. The zero-order chi connectivity index (χ0) is 14.4. The summed E-state index contributed by atoms with van der Waals surface area (Å²) in [6, 6.07) is 14.6. The third-order valence-corrected chi connectivity index (χ3v) is 4.98. The van der Waals surface area contributed by atoms with Crippen LogP contribution in [0.25, 0.3) is 22.2 Å². The van der Waals surface area contributed by atoms with E-state index in [0.29, 0.717) is 11.7 Å². The molecule has 0 aliphatic heterocycles. The molecule has 0 spiro atoms. The van der Waals surface area contributed by atoms with Gasteiger partial charge >= 0.3 is 0 Å². The maximum Gasteiger partial charge on any atom is 0.161 e. The van der Waals surface area contributed by atoms with Crippen LogP contribution in [0, 0.1) is 3.57 Å². The lowest BCUT2D eigenvalue weighted by Crippen LogP contribution is -2.04. The Kier molecular flexibility index (Phi) is 3.06. The van der Waals surface area contributed by atoms with Crippen molar-refractivity contribution in [3.63, 3.8) is 0 Å². The van der Waals surface area contributed by atoms with Crippen LogP contribution >= 0.6 is 22.6 Å². The fourth-order valence-electron chi connectivity index (χ4n) is 2.57. The van der Waals surface area contributed by atoms with Gasteiger partial charge in [-0.2, -0.15) is 0 Å². The summed E-state index contributed by atoms with van der Waals surface area (Å²) in [5.41, 5.74) is 8.22. The number of nitrogens with two attached hydrogens (primary N) is 1. The van der Waals surface area contributed by atoms with Crippen LogP contribution in [-0.4, -0.2) is 9.97 Å². The second kappa shape index (κ2) is 4.94. The molecule has 0 amide bonds. The SMILES string of the molecule is Nc1nc(-c2ccc3ccccc3c2)nc(C2CC2)c1I. The Balaban J connectivity index is 1.87. The molecule has 2 aromatic carbocycles. The molecule has 4 heteroatoms. The quantitative estimate of drug-likeness (QED) is 0.665. The molecule has 1 aliphatic carbocycles. The highest BCUT2D eigenvalue weighted by atomic mass is 127. The Labute approximate surface area is 136 Å². The maximum atomic E-state index is 6.08. The molecule has 2 N–H and O–H groups in total. The van der Waals surface area contributed by atoms with Gasteiger partial charge in [-0.05, 0) is 52.3 Å². The zero-order valence-corrected chi connectivity index (χ0v) is 13.5. The summed E-state index contributed by atoms with van der Waals surface area (Å²) in [5, 5.41) is 2.42. The monoisotopic (exact) mass is 387 g/mol. The van der Waals surface area contributed by atoms with Crippen molar-refractivity contribution in [1.29, 1.82) is 0 Å². The normalized spacial score (nSPS) is 14.5. The summed E-state index contributed by atoms with van der Waals surface area (Å²) in [5.74, 6) is 1.90. The molecule has 1 aromatic heterocycles. The Bertz CT molecular complexity index is 841. The van der Waals surface area contributed by atoms with Gasteiger partial charge in [0.2, 0.25) is 0 Å². The molecule has 104 valence electrons. The van der Waals surface area contributed by atoms with E-state index in [4.69, 9.17) is 10.7 Å². The minimum absolute atomic E-state index is 0.571. The molecule has 0 saturated heterocycles. The highest BCUT2D eigenvalue weighted by Gasteiger charge is 2.29. The average molecular weight is 387 g/mol. The number of hydrogen-bond acceptors (Lipinski definition) is 3. The standard InChI is InChI=1S/C17H14IN3/c18-14-15(11-6-7-11)20-17(21-16(14)19)13-8-5-10-3-1-2-4-12(10)9-13/h1-5,8-9,11H,6-7H2,(H2,19,20,21). The Morgan fingerprint density at radius 3 is 2.52 bits per heavy atom. The lowest BCUT2D eigenvalue weighted by atomic mass is 10.1. The summed E-state index contributed by atoms with van der Waals surface area (Å²) in [7, 11) is 0. The van der Waals surface area contributed by atoms with Crippen LogP contribution in [-0.2, 0) is 0 Å². The number of fused-ring (bicyclic) bond motifs is 1. The van der Waals surface area contributed by atoms with Crippen molar-refractivity contribution in [2.24, 2.45) is 0 Å². The minimum atomic E-state index is 0.571. The largest absolute Gasteiger partial charge is 0.383 e. The van der Waals surface area contributed by atoms with Gasteiger partial charge in [0.1, 0.15) is 5.82 Å². The average Bonchev–Trinajstić information content (AvgIpc) is 3.34. The summed E-state index contributed by atoms with van der Waals surface area (Å²) < 4.78 is 1.01. The summed E-state index contributed by atoms with van der Waals surface area (Å²) in [6.45, 7) is 0. The van der Waals surface area contributed by atoms with Gasteiger partial charge in [0.05, 0.1) is 9.26 Å². The fraction of sp³-hybridized carbons (Fsp3) is 0.176. The third-order valence-electron chi connectivity index (χ3n) is 3.87. The van der Waals surface area contributed by atoms with E-state index in [2.05, 4.69) is 57.9 Å². The molecule has 21 heavy (non-hydrogen) atoms. The van der Waals surface area contributed by atoms with Crippen LogP contribution in [0.3, 0.4) is 0 Å². The Morgan fingerprint density at radius 1 is 1.00 bits per heavy atom. The lowest BCUT2D eigenvalue weighted by molar-refractivity contribution is 0.983. The number of hydrogen-bond donors (Lipinski definition) is 1. The van der Waals surface area contributed by atoms with Crippen LogP contribution < -0.4 is 5.73 Å². The van der Waals surface area contributed by atoms with E-state index in [-0.39, 0.29) is 0 Å². The van der Waals surface area contributed by atoms with Crippen LogP contribution in [0.5, 0.6) is 0 Å². The van der Waals surface area contributed by atoms with Gasteiger partial charge in [-0.25, -0.2) is 9.97 Å². The summed E-state index contributed by atoms with van der Waals surface area (Å²) >= 11 is 2.26. The number of benzene rings is 2. The minimum Gasteiger partial charge on any atom is -0.383 e. The first-order chi connectivity index (χ1) is 10.2. The number of rotatable bonds is 2. The number of nitrogens with zero attached hydrogens (tertiary/aromatic N) is 2. The van der Waals surface area contributed by atoms with Gasteiger partial charge in [-0.3, -0.25) is 0 Å². The van der Waals surface area contributed by atoms with E-state index >= 15 is 0 Å². The van der Waals surface area contributed by atoms with Crippen molar-refractivity contribution in [1.82, 2.24) is 9.97 Å². The molecule has 3 nitrogen and oxygen atoms in total. The second-order valence-corrected chi connectivity index (χ2v) is 6.55. The first-order valence-electron chi connectivity index (χ1n) is 7.04. The van der Waals surface area contributed by atoms with Crippen molar-refractivity contribution in [3.05, 3.63) is 51.7 Å². The maximum absolute atomic E-state index is 6.08. The molecular formula is C17H14IN3. The van der Waals surface area contributed by atoms with Crippen molar-refractivity contribution in [2.45, 2.75) is 18.8 Å². The van der Waals surface area contributed by atoms with Gasteiger partial charge in [0.25, 0.3) is 0 Å². The van der Waals surface area contributed by atoms with Crippen molar-refractivity contribution in [2.75, 3.05) is 5.73 Å². The first kappa shape index (κ1) is 13.0. The fourth-order valence-corrected chi connectivity index (χ4v) is 3.25. The van der Waals surface area contributed by atoms with Crippen LogP contribution in [0.1, 0.15) is 24.5 Å². The second-order valence-electron chi connectivity index (χ2n) is 5.47. The molecule has 0 atom stereocenters. The predicted molar refractivity (Wildman–Crippen MR) is 94.1 cm³/mol. The molecule has 1 saturated carbocycles. The summed E-state index contributed by atoms with van der Waals surface area (Å²) in [6.07, 6.45) is 2.42. The van der Waals surface area contributed by atoms with Crippen molar-refractivity contribution >= 4 is 39.2 Å². The molecule has 3 aromatic rings. The Hall–Kier alpha value is -1.69. The lowest BCUT2D eigenvalue weighted by Gasteiger charge is -2.09. The Morgan fingerprint density at radius 2 is 1.76 bits per heavy atom. The van der Waals surface area contributed by atoms with Crippen molar-refractivity contribution < 1.29 is 0 Å². The van der Waals surface area contributed by atoms with Gasteiger partial charge in [0, 0.05) is 11.5 Å². The molecule has 0 radical (unpaired) electrons. The van der Waals surface area contributed by atoms with Crippen LogP contribution in [0.2, 0.25) is 0 Å². The predicted octanol–water partition coefficient (Wildman–Crippen LogP) is 4.36. The molecule has 0 bridgehead atoms. The molecule has 1 fully saturated rings. The topological polar surface area (TPSA) is 51.8 Å². The molecule has 1 heterocycles. The molecule has 4 rings (SSSR count). The van der Waals surface area contributed by atoms with E-state index in [9.17, 15) is 0 Å². The smallest absolute Gasteiger partial charge is 0.161 e. The summed E-state index contributed by atoms with van der Waals surface area (Å²) in [4.78, 5) is 9.25. The highest BCUT2D eigenvalue weighted by Crippen LogP contribution is 2.42.